The Morgan fingerprint density at radius 2 is 2.00 bits per heavy atom. The van der Waals surface area contributed by atoms with Crippen LogP contribution in [-0.2, 0) is 16.3 Å². The standard InChI is InChI=1S/C13H18ClNO2S2/c14-13-8-10-11(2-1-3-12(10)18-13)15-9-4-6-19(16,17)7-5-9/h8-9,11,15H,1-7H2. The lowest BCUT2D eigenvalue weighted by atomic mass is 9.93. The maximum absolute atomic E-state index is 11.4. The number of fused-ring (bicyclic) bond motifs is 1. The summed E-state index contributed by atoms with van der Waals surface area (Å²) in [5.74, 6) is 0.656. The van der Waals surface area contributed by atoms with Crippen molar-refractivity contribution in [3.63, 3.8) is 0 Å². The Morgan fingerprint density at radius 3 is 2.74 bits per heavy atom. The van der Waals surface area contributed by atoms with E-state index in [1.54, 1.807) is 11.3 Å². The van der Waals surface area contributed by atoms with Crippen LogP contribution in [0.15, 0.2) is 6.07 Å². The highest BCUT2D eigenvalue weighted by molar-refractivity contribution is 7.91. The van der Waals surface area contributed by atoms with Crippen molar-refractivity contribution in [3.05, 3.63) is 20.8 Å². The first-order chi connectivity index (χ1) is 9.03. The second-order valence-electron chi connectivity index (χ2n) is 5.47. The Hall–Kier alpha value is -0.100. The van der Waals surface area contributed by atoms with E-state index < -0.39 is 9.84 Å². The second-order valence-corrected chi connectivity index (χ2v) is 9.54. The lowest BCUT2D eigenvalue weighted by Gasteiger charge is -2.30. The Morgan fingerprint density at radius 1 is 1.26 bits per heavy atom. The quantitative estimate of drug-likeness (QED) is 0.911. The van der Waals surface area contributed by atoms with Gasteiger partial charge in [0.15, 0.2) is 0 Å². The first-order valence-corrected chi connectivity index (χ1v) is 9.80. The largest absolute Gasteiger partial charge is 0.307 e. The van der Waals surface area contributed by atoms with Gasteiger partial charge in [0, 0.05) is 17.0 Å². The van der Waals surface area contributed by atoms with Gasteiger partial charge in [0.05, 0.1) is 15.8 Å². The highest BCUT2D eigenvalue weighted by atomic mass is 35.5. The Bertz CT molecular complexity index is 553. The minimum Gasteiger partial charge on any atom is -0.307 e. The molecule has 1 aromatic rings. The van der Waals surface area contributed by atoms with Crippen molar-refractivity contribution in [3.8, 4) is 0 Å². The van der Waals surface area contributed by atoms with Crippen LogP contribution in [0.25, 0.3) is 0 Å². The second kappa shape index (κ2) is 5.35. The van der Waals surface area contributed by atoms with Gasteiger partial charge in [0.25, 0.3) is 0 Å². The molecule has 2 heterocycles. The molecule has 106 valence electrons. The maximum Gasteiger partial charge on any atom is 0.150 e. The zero-order chi connectivity index (χ0) is 13.5. The van der Waals surface area contributed by atoms with Gasteiger partial charge in [0.2, 0.25) is 0 Å². The smallest absolute Gasteiger partial charge is 0.150 e. The minimum absolute atomic E-state index is 0.328. The highest BCUT2D eigenvalue weighted by Gasteiger charge is 2.28. The molecule has 0 amide bonds. The van der Waals surface area contributed by atoms with Crippen LogP contribution in [0.4, 0.5) is 0 Å². The van der Waals surface area contributed by atoms with Gasteiger partial charge in [-0.05, 0) is 43.7 Å². The number of hydrogen-bond acceptors (Lipinski definition) is 4. The van der Waals surface area contributed by atoms with Crippen molar-refractivity contribution in [2.45, 2.75) is 44.2 Å². The summed E-state index contributed by atoms with van der Waals surface area (Å²) in [5.41, 5.74) is 1.34. The molecular weight excluding hydrogens is 302 g/mol. The molecule has 0 radical (unpaired) electrons. The molecule has 3 rings (SSSR count). The monoisotopic (exact) mass is 319 g/mol. The predicted octanol–water partition coefficient (Wildman–Crippen LogP) is 2.95. The van der Waals surface area contributed by atoms with Gasteiger partial charge in [-0.3, -0.25) is 0 Å². The highest BCUT2D eigenvalue weighted by Crippen LogP contribution is 2.38. The van der Waals surface area contributed by atoms with Crippen molar-refractivity contribution in [1.82, 2.24) is 5.32 Å². The van der Waals surface area contributed by atoms with Crippen molar-refractivity contribution >= 4 is 32.8 Å². The number of nitrogens with one attached hydrogen (secondary N) is 1. The van der Waals surface area contributed by atoms with E-state index in [4.69, 9.17) is 11.6 Å². The van der Waals surface area contributed by atoms with Crippen LogP contribution in [0.2, 0.25) is 4.34 Å². The van der Waals surface area contributed by atoms with Crippen molar-refractivity contribution in [2.24, 2.45) is 0 Å². The first-order valence-electron chi connectivity index (χ1n) is 6.78. The fraction of sp³-hybridized carbons (Fsp3) is 0.692. The first kappa shape index (κ1) is 13.9. The van der Waals surface area contributed by atoms with Crippen LogP contribution in [-0.4, -0.2) is 26.0 Å². The molecule has 0 saturated carbocycles. The Balaban J connectivity index is 1.68. The number of hydrogen-bond donors (Lipinski definition) is 1. The normalized spacial score (nSPS) is 27.1. The molecule has 1 unspecified atom stereocenters. The molecule has 6 heteroatoms. The van der Waals surface area contributed by atoms with E-state index in [1.165, 1.54) is 16.9 Å². The van der Waals surface area contributed by atoms with Gasteiger partial charge in [0.1, 0.15) is 9.84 Å². The topological polar surface area (TPSA) is 46.2 Å². The lowest BCUT2D eigenvalue weighted by molar-refractivity contribution is 0.375. The van der Waals surface area contributed by atoms with Gasteiger partial charge in [-0.2, -0.15) is 0 Å². The molecule has 3 nitrogen and oxygen atoms in total. The molecular formula is C13H18ClNO2S2. The van der Waals surface area contributed by atoms with E-state index in [0.29, 0.717) is 23.6 Å². The molecule has 0 aromatic carbocycles. The summed E-state index contributed by atoms with van der Waals surface area (Å²) in [6.07, 6.45) is 4.93. The summed E-state index contributed by atoms with van der Waals surface area (Å²) in [5, 5.41) is 3.65. The third kappa shape index (κ3) is 3.15. The fourth-order valence-corrected chi connectivity index (χ4v) is 5.91. The number of thiophene rings is 1. The number of sulfone groups is 1. The van der Waals surface area contributed by atoms with Crippen LogP contribution >= 0.6 is 22.9 Å². The molecule has 1 saturated heterocycles. The average Bonchev–Trinajstić information content (AvgIpc) is 2.73. The lowest BCUT2D eigenvalue weighted by Crippen LogP contribution is -2.40. The van der Waals surface area contributed by atoms with Gasteiger partial charge in [-0.25, -0.2) is 8.42 Å². The van der Waals surface area contributed by atoms with Crippen molar-refractivity contribution in [1.29, 1.82) is 0 Å². The molecule has 19 heavy (non-hydrogen) atoms. The third-order valence-electron chi connectivity index (χ3n) is 4.08. The average molecular weight is 320 g/mol. The molecule has 0 bridgehead atoms. The van der Waals surface area contributed by atoms with Crippen LogP contribution in [0.3, 0.4) is 0 Å². The summed E-state index contributed by atoms with van der Waals surface area (Å²) in [4.78, 5) is 1.40. The molecule has 1 atom stereocenters. The summed E-state index contributed by atoms with van der Waals surface area (Å²) >= 11 is 7.79. The molecule has 1 fully saturated rings. The van der Waals surface area contributed by atoms with E-state index in [0.717, 1.165) is 30.0 Å². The SMILES string of the molecule is O=S1(=O)CCC(NC2CCCc3sc(Cl)cc32)CC1. The zero-order valence-corrected chi connectivity index (χ0v) is 13.1. The number of aryl methyl sites for hydroxylation is 1. The van der Waals surface area contributed by atoms with Gasteiger partial charge in [-0.1, -0.05) is 11.6 Å². The third-order valence-corrected chi connectivity index (χ3v) is 7.13. The van der Waals surface area contributed by atoms with Crippen LogP contribution in [0.1, 0.15) is 42.2 Å². The molecule has 0 spiro atoms. The van der Waals surface area contributed by atoms with E-state index in [9.17, 15) is 8.42 Å². The predicted molar refractivity (Wildman–Crippen MR) is 79.8 cm³/mol. The van der Waals surface area contributed by atoms with Crippen LogP contribution < -0.4 is 5.32 Å². The minimum atomic E-state index is -2.77. The van der Waals surface area contributed by atoms with Crippen LogP contribution in [0.5, 0.6) is 0 Å². The summed E-state index contributed by atoms with van der Waals surface area (Å²) < 4.78 is 23.8. The van der Waals surface area contributed by atoms with E-state index in [1.807, 2.05) is 0 Å². The molecule has 2 aliphatic rings. The van der Waals surface area contributed by atoms with E-state index >= 15 is 0 Å². The molecule has 1 aliphatic carbocycles. The van der Waals surface area contributed by atoms with E-state index in [2.05, 4.69) is 11.4 Å². The number of rotatable bonds is 2. The van der Waals surface area contributed by atoms with Crippen molar-refractivity contribution in [2.75, 3.05) is 11.5 Å². The van der Waals surface area contributed by atoms with Gasteiger partial charge >= 0.3 is 0 Å². The molecule has 1 aliphatic heterocycles. The molecule has 1 N–H and O–H groups in total. The zero-order valence-electron chi connectivity index (χ0n) is 10.7. The van der Waals surface area contributed by atoms with Gasteiger partial charge < -0.3 is 5.32 Å². The van der Waals surface area contributed by atoms with Crippen LogP contribution in [0, 0.1) is 0 Å². The Kier molecular flexibility index (Phi) is 3.91. The summed E-state index contributed by atoms with van der Waals surface area (Å²) in [6.45, 7) is 0. The summed E-state index contributed by atoms with van der Waals surface area (Å²) in [6, 6.07) is 2.77. The van der Waals surface area contributed by atoms with Crippen molar-refractivity contribution < 1.29 is 8.42 Å². The fourth-order valence-electron chi connectivity index (χ4n) is 3.04. The van der Waals surface area contributed by atoms with Gasteiger partial charge in [-0.15, -0.1) is 11.3 Å². The Labute approximate surface area is 123 Å². The van der Waals surface area contributed by atoms with E-state index in [-0.39, 0.29) is 0 Å². The number of halogens is 1. The maximum atomic E-state index is 11.4. The summed E-state index contributed by atoms with van der Waals surface area (Å²) in [7, 11) is -2.77. The molecule has 1 aromatic heterocycles.